The van der Waals surface area contributed by atoms with Gasteiger partial charge in [-0.3, -0.25) is 9.11 Å². The van der Waals surface area contributed by atoms with Gasteiger partial charge in [0, 0.05) is 36.7 Å². The summed E-state index contributed by atoms with van der Waals surface area (Å²) in [5, 5.41) is 2.91. The molecule has 2 atom stereocenters. The number of carbonyl (C=O) groups excluding carboxylic acids is 1. The smallest absolute Gasteiger partial charge is 0.414 e. The van der Waals surface area contributed by atoms with Gasteiger partial charge in [-0.1, -0.05) is 12.2 Å². The van der Waals surface area contributed by atoms with Crippen LogP contribution in [0.5, 0.6) is 0 Å². The summed E-state index contributed by atoms with van der Waals surface area (Å²) in [5.41, 5.74) is -0.0657. The molecule has 28 heavy (non-hydrogen) atoms. The van der Waals surface area contributed by atoms with Gasteiger partial charge in [0.1, 0.15) is 11.8 Å². The lowest BCUT2D eigenvalue weighted by Gasteiger charge is -2.24. The summed E-state index contributed by atoms with van der Waals surface area (Å²) in [6.07, 6.45) is -0.575. The average molecular weight is 432 g/mol. The molecule has 2 fully saturated rings. The number of carbonyl (C=O) groups is 1. The number of rotatable bonds is 4. The Bertz CT molecular complexity index is 869. The fraction of sp³-hybridized carbons (Fsp3) is 0.500. The first kappa shape index (κ1) is 20.8. The van der Waals surface area contributed by atoms with Crippen molar-refractivity contribution in [3.05, 3.63) is 23.8 Å². The van der Waals surface area contributed by atoms with E-state index in [-0.39, 0.29) is 24.5 Å². The molecule has 0 saturated carbocycles. The number of nitrogens with zero attached hydrogens (tertiary/aromatic N) is 2. The minimum absolute atomic E-state index is 0.0982. The maximum Gasteiger partial charge on any atom is 0.414 e. The molecule has 0 bridgehead atoms. The largest absolute Gasteiger partial charge is 0.442 e. The molecular weight excluding hydrogens is 408 g/mol. The predicted molar refractivity (Wildman–Crippen MR) is 112 cm³/mol. The molecule has 2 unspecified atom stereocenters. The quantitative estimate of drug-likeness (QED) is 0.738. The fourth-order valence-electron chi connectivity index (χ4n) is 3.34. The van der Waals surface area contributed by atoms with Crippen LogP contribution in [0.3, 0.4) is 0 Å². The van der Waals surface area contributed by atoms with Crippen molar-refractivity contribution in [1.29, 1.82) is 0 Å². The van der Waals surface area contributed by atoms with E-state index in [4.69, 9.17) is 17.0 Å². The number of hydrogen-bond acceptors (Lipinski definition) is 5. The molecule has 1 amide bonds. The van der Waals surface area contributed by atoms with Gasteiger partial charge in [0.2, 0.25) is 0 Å². The van der Waals surface area contributed by atoms with Crippen LogP contribution < -0.4 is 15.1 Å². The van der Waals surface area contributed by atoms with Gasteiger partial charge in [-0.25, -0.2) is 13.6 Å². The molecule has 0 aliphatic carbocycles. The first-order valence-electron chi connectivity index (χ1n) is 8.95. The van der Waals surface area contributed by atoms with E-state index in [1.807, 2.05) is 0 Å². The molecule has 0 spiro atoms. The third-order valence-electron chi connectivity index (χ3n) is 4.76. The van der Waals surface area contributed by atoms with Crippen LogP contribution in [0.2, 0.25) is 0 Å². The van der Waals surface area contributed by atoms with Crippen molar-refractivity contribution in [3.63, 3.8) is 0 Å². The van der Waals surface area contributed by atoms with E-state index >= 15 is 0 Å². The minimum Gasteiger partial charge on any atom is -0.442 e. The summed E-state index contributed by atoms with van der Waals surface area (Å²) in [4.78, 5) is 15.4. The Morgan fingerprint density at radius 1 is 1.36 bits per heavy atom. The summed E-state index contributed by atoms with van der Waals surface area (Å²) in [5.74, 6) is 2.92. The van der Waals surface area contributed by atoms with E-state index < -0.39 is 33.4 Å². The Morgan fingerprint density at radius 2 is 2.04 bits per heavy atom. The van der Waals surface area contributed by atoms with Crippen LogP contribution in [0.25, 0.3) is 0 Å². The van der Waals surface area contributed by atoms with Crippen molar-refractivity contribution in [2.24, 2.45) is 0 Å². The Hall–Kier alpha value is -1.94. The van der Waals surface area contributed by atoms with Gasteiger partial charge < -0.3 is 15.0 Å². The summed E-state index contributed by atoms with van der Waals surface area (Å²) in [6.45, 7) is 2.88. The van der Waals surface area contributed by atoms with Crippen LogP contribution in [-0.4, -0.2) is 64.9 Å². The predicted octanol–water partition coefficient (Wildman–Crippen LogP) is 2.15. The third-order valence-corrected chi connectivity index (χ3v) is 6.86. The zero-order valence-corrected chi connectivity index (χ0v) is 17.2. The zero-order chi connectivity index (χ0) is 20.5. The Kier molecular flexibility index (Phi) is 6.09. The van der Waals surface area contributed by atoms with Crippen molar-refractivity contribution in [2.75, 3.05) is 47.5 Å². The van der Waals surface area contributed by atoms with E-state index in [9.17, 15) is 17.8 Å². The summed E-state index contributed by atoms with van der Waals surface area (Å²) in [6, 6.07) is 2.26. The molecule has 0 aromatic heterocycles. The van der Waals surface area contributed by atoms with Crippen molar-refractivity contribution < 1.29 is 22.5 Å². The lowest BCUT2D eigenvalue weighted by atomic mass is 10.2. The van der Waals surface area contributed by atoms with E-state index in [2.05, 4.69) is 11.2 Å². The SMILES string of the molecule is C=S1(=O)CCCN(c2c(F)cc(N3CC(CNC(C)=S)OC3=O)cc2F)CC1. The number of nitrogens with one attached hydrogen (secondary N) is 1. The van der Waals surface area contributed by atoms with Crippen molar-refractivity contribution in [1.82, 2.24) is 5.32 Å². The molecule has 6 nitrogen and oxygen atoms in total. The second-order valence-electron chi connectivity index (χ2n) is 7.03. The van der Waals surface area contributed by atoms with E-state index in [1.54, 1.807) is 11.8 Å². The van der Waals surface area contributed by atoms with Crippen LogP contribution >= 0.6 is 12.2 Å². The summed E-state index contributed by atoms with van der Waals surface area (Å²) in [7, 11) is -2.20. The number of halogens is 2. The minimum atomic E-state index is -2.20. The average Bonchev–Trinajstić information content (AvgIpc) is 2.87. The first-order valence-corrected chi connectivity index (χ1v) is 11.4. The second kappa shape index (κ2) is 8.20. The van der Waals surface area contributed by atoms with Crippen molar-refractivity contribution in [2.45, 2.75) is 19.4 Å². The number of cyclic esters (lactones) is 1. The highest BCUT2D eigenvalue weighted by atomic mass is 32.2. The number of benzene rings is 1. The third kappa shape index (κ3) is 4.72. The van der Waals surface area contributed by atoms with Crippen molar-refractivity contribution in [3.8, 4) is 0 Å². The van der Waals surface area contributed by atoms with E-state index in [0.717, 1.165) is 12.1 Å². The summed E-state index contributed by atoms with van der Waals surface area (Å²) < 4.78 is 46.9. The number of ether oxygens (including phenoxy) is 1. The molecule has 2 heterocycles. The van der Waals surface area contributed by atoms with Gasteiger partial charge in [0.15, 0.2) is 11.6 Å². The van der Waals surface area contributed by atoms with E-state index in [1.165, 1.54) is 4.90 Å². The van der Waals surface area contributed by atoms with E-state index in [0.29, 0.717) is 36.0 Å². The normalized spacial score (nSPS) is 25.4. The molecule has 154 valence electrons. The topological polar surface area (TPSA) is 61.9 Å². The van der Waals surface area contributed by atoms with Gasteiger partial charge in [0.05, 0.1) is 23.8 Å². The van der Waals surface area contributed by atoms with Crippen LogP contribution in [0.4, 0.5) is 25.0 Å². The molecule has 3 rings (SSSR count). The molecule has 2 aliphatic heterocycles. The molecule has 10 heteroatoms. The Labute approximate surface area is 168 Å². The van der Waals surface area contributed by atoms with Crippen molar-refractivity contribution >= 4 is 50.1 Å². The number of hydrogen-bond donors (Lipinski definition) is 1. The molecule has 1 aromatic carbocycles. The monoisotopic (exact) mass is 431 g/mol. The Balaban J connectivity index is 1.78. The highest BCUT2D eigenvalue weighted by molar-refractivity contribution is 8.00. The van der Waals surface area contributed by atoms with Crippen LogP contribution in [0, 0.1) is 11.6 Å². The summed E-state index contributed by atoms with van der Waals surface area (Å²) >= 11 is 4.93. The molecule has 2 aliphatic rings. The standard InChI is InChI=1S/C18H23F2N3O3S2/c1-12(27)21-10-14-11-23(18(24)26-14)13-8-15(19)17(16(20)9-13)22-4-3-6-28(2,25)7-5-22/h8-9,14H,2-7,10-11H2,1H3,(H,21,27). The zero-order valence-electron chi connectivity index (χ0n) is 15.6. The molecule has 1 N–H and O–H groups in total. The molecular formula is C18H23F2N3O3S2. The molecule has 2 saturated heterocycles. The number of thiocarbonyl (C=S) groups is 1. The van der Waals surface area contributed by atoms with Gasteiger partial charge in [-0.05, 0) is 28.7 Å². The number of amides is 1. The highest BCUT2D eigenvalue weighted by Gasteiger charge is 2.33. The lowest BCUT2D eigenvalue weighted by molar-refractivity contribution is 0.143. The Morgan fingerprint density at radius 3 is 2.68 bits per heavy atom. The van der Waals surface area contributed by atoms with Gasteiger partial charge >= 0.3 is 6.09 Å². The van der Waals surface area contributed by atoms with Gasteiger partial charge in [-0.2, -0.15) is 0 Å². The highest BCUT2D eigenvalue weighted by Crippen LogP contribution is 2.31. The van der Waals surface area contributed by atoms with Gasteiger partial charge in [0.25, 0.3) is 0 Å². The fourth-order valence-corrected chi connectivity index (χ4v) is 4.83. The van der Waals surface area contributed by atoms with Crippen LogP contribution in [-0.2, 0) is 14.3 Å². The lowest BCUT2D eigenvalue weighted by Crippen LogP contribution is -2.33. The molecule has 1 aromatic rings. The van der Waals surface area contributed by atoms with Crippen LogP contribution in [0.1, 0.15) is 13.3 Å². The second-order valence-corrected chi connectivity index (χ2v) is 10.4. The number of anilines is 2. The maximum atomic E-state index is 14.8. The molecule has 0 radical (unpaired) electrons. The maximum absolute atomic E-state index is 14.8. The van der Waals surface area contributed by atoms with Crippen LogP contribution in [0.15, 0.2) is 12.1 Å². The first-order chi connectivity index (χ1) is 13.2. The van der Waals surface area contributed by atoms with Gasteiger partial charge in [-0.15, -0.1) is 0 Å².